The van der Waals surface area contributed by atoms with E-state index < -0.39 is 0 Å². The maximum absolute atomic E-state index is 12.8. The molecular weight excluding hydrogens is 350 g/mol. The van der Waals surface area contributed by atoms with Crippen LogP contribution in [0.5, 0.6) is 0 Å². The van der Waals surface area contributed by atoms with Crippen LogP contribution in [0.15, 0.2) is 23.0 Å². The van der Waals surface area contributed by atoms with Crippen molar-refractivity contribution >= 4 is 29.0 Å². The van der Waals surface area contributed by atoms with E-state index in [4.69, 9.17) is 17.0 Å². The van der Waals surface area contributed by atoms with Crippen LogP contribution in [0.3, 0.4) is 0 Å². The quantitative estimate of drug-likeness (QED) is 0.761. The molecule has 2 aromatic rings. The number of fused-ring (bicyclic) bond motifs is 1. The Balaban J connectivity index is 1.85. The van der Waals surface area contributed by atoms with Crippen molar-refractivity contribution in [3.8, 4) is 0 Å². The molecule has 1 aliphatic heterocycles. The summed E-state index contributed by atoms with van der Waals surface area (Å²) in [5.74, 6) is 0.390. The number of aromatic nitrogens is 2. The highest BCUT2D eigenvalue weighted by molar-refractivity contribution is 7.71. The number of H-pyrrole nitrogens is 1. The Morgan fingerprint density at radius 3 is 2.96 bits per heavy atom. The number of amides is 1. The lowest BCUT2D eigenvalue weighted by Crippen LogP contribution is -2.28. The van der Waals surface area contributed by atoms with Gasteiger partial charge >= 0.3 is 0 Å². The number of benzene rings is 1. The highest BCUT2D eigenvalue weighted by Gasteiger charge is 2.18. The van der Waals surface area contributed by atoms with Crippen molar-refractivity contribution < 1.29 is 9.53 Å². The van der Waals surface area contributed by atoms with E-state index in [-0.39, 0.29) is 17.6 Å². The molecule has 2 N–H and O–H groups in total. The fraction of sp³-hybridized carbons (Fsp3) is 0.526. The SMILES string of the molecule is CC(C)CCNC(=O)c1ccc2c(=O)n(C[C@@H]3CCCO3)c(=S)[nH]c2c1. The van der Waals surface area contributed by atoms with Gasteiger partial charge in [0.15, 0.2) is 4.77 Å². The molecule has 26 heavy (non-hydrogen) atoms. The summed E-state index contributed by atoms with van der Waals surface area (Å²) in [6.45, 7) is 6.06. The van der Waals surface area contributed by atoms with Crippen LogP contribution in [0.2, 0.25) is 0 Å². The molecule has 1 aromatic heterocycles. The van der Waals surface area contributed by atoms with Crippen LogP contribution in [0.4, 0.5) is 0 Å². The van der Waals surface area contributed by atoms with Crippen molar-refractivity contribution in [2.75, 3.05) is 13.2 Å². The molecule has 6 nitrogen and oxygen atoms in total. The predicted molar refractivity (Wildman–Crippen MR) is 104 cm³/mol. The Morgan fingerprint density at radius 2 is 2.27 bits per heavy atom. The molecule has 0 unspecified atom stereocenters. The van der Waals surface area contributed by atoms with Crippen LogP contribution in [0, 0.1) is 10.7 Å². The molecule has 1 fully saturated rings. The highest BCUT2D eigenvalue weighted by Crippen LogP contribution is 2.15. The third-order valence-corrected chi connectivity index (χ3v) is 4.98. The van der Waals surface area contributed by atoms with Gasteiger partial charge in [-0.3, -0.25) is 14.2 Å². The molecule has 7 heteroatoms. The second kappa shape index (κ2) is 8.14. The van der Waals surface area contributed by atoms with Crippen molar-refractivity contribution in [1.29, 1.82) is 0 Å². The summed E-state index contributed by atoms with van der Waals surface area (Å²) in [5.41, 5.74) is 0.953. The Labute approximate surface area is 157 Å². The summed E-state index contributed by atoms with van der Waals surface area (Å²) in [6.07, 6.45) is 2.91. The zero-order chi connectivity index (χ0) is 18.7. The minimum Gasteiger partial charge on any atom is -0.376 e. The molecule has 0 saturated carbocycles. The largest absolute Gasteiger partial charge is 0.376 e. The first-order valence-electron chi connectivity index (χ1n) is 9.12. The summed E-state index contributed by atoms with van der Waals surface area (Å²) in [7, 11) is 0. The maximum atomic E-state index is 12.8. The first-order chi connectivity index (χ1) is 12.5. The Morgan fingerprint density at radius 1 is 1.46 bits per heavy atom. The average Bonchev–Trinajstić information content (AvgIpc) is 3.11. The Bertz CT molecular complexity index is 910. The van der Waals surface area contributed by atoms with Crippen LogP contribution < -0.4 is 10.9 Å². The Kier molecular flexibility index (Phi) is 5.88. The van der Waals surface area contributed by atoms with Gasteiger partial charge in [0.25, 0.3) is 11.5 Å². The van der Waals surface area contributed by atoms with Crippen LogP contribution in [-0.2, 0) is 11.3 Å². The smallest absolute Gasteiger partial charge is 0.262 e. The van der Waals surface area contributed by atoms with Gasteiger partial charge < -0.3 is 15.0 Å². The number of carbonyl (C=O) groups excluding carboxylic acids is 1. The predicted octanol–water partition coefficient (Wildman–Crippen LogP) is 3.01. The summed E-state index contributed by atoms with van der Waals surface area (Å²) in [5, 5.41) is 3.43. The zero-order valence-corrected chi connectivity index (χ0v) is 16.0. The van der Waals surface area contributed by atoms with Gasteiger partial charge in [0.1, 0.15) is 0 Å². The molecule has 0 bridgehead atoms. The molecule has 1 atom stereocenters. The van der Waals surface area contributed by atoms with Gasteiger partial charge in [-0.15, -0.1) is 0 Å². The number of aromatic amines is 1. The summed E-state index contributed by atoms with van der Waals surface area (Å²) < 4.78 is 7.52. The van der Waals surface area contributed by atoms with E-state index in [0.29, 0.717) is 40.2 Å². The second-order valence-electron chi connectivity index (χ2n) is 7.18. The Hall–Kier alpha value is -1.99. The van der Waals surface area contributed by atoms with Gasteiger partial charge in [-0.2, -0.15) is 0 Å². The third kappa shape index (κ3) is 4.22. The van der Waals surface area contributed by atoms with Gasteiger partial charge in [-0.05, 0) is 55.6 Å². The molecule has 140 valence electrons. The van der Waals surface area contributed by atoms with E-state index >= 15 is 0 Å². The summed E-state index contributed by atoms with van der Waals surface area (Å²) in [6, 6.07) is 5.06. The van der Waals surface area contributed by atoms with Crippen LogP contribution in [0.25, 0.3) is 10.9 Å². The highest BCUT2D eigenvalue weighted by atomic mass is 32.1. The minimum absolute atomic E-state index is 0.0336. The van der Waals surface area contributed by atoms with Crippen LogP contribution >= 0.6 is 12.2 Å². The molecular formula is C19H25N3O3S. The van der Waals surface area contributed by atoms with Crippen molar-refractivity contribution in [3.63, 3.8) is 0 Å². The molecule has 1 aromatic carbocycles. The molecule has 1 aliphatic rings. The molecule has 0 radical (unpaired) electrons. The lowest BCUT2D eigenvalue weighted by Gasteiger charge is -2.13. The first-order valence-corrected chi connectivity index (χ1v) is 9.53. The molecule has 0 spiro atoms. The van der Waals surface area contributed by atoms with Gasteiger partial charge in [0, 0.05) is 18.7 Å². The van der Waals surface area contributed by atoms with Crippen molar-refractivity contribution in [2.45, 2.75) is 45.8 Å². The molecule has 2 heterocycles. The van der Waals surface area contributed by atoms with Crippen molar-refractivity contribution in [1.82, 2.24) is 14.9 Å². The fourth-order valence-electron chi connectivity index (χ4n) is 3.13. The van der Waals surface area contributed by atoms with E-state index in [2.05, 4.69) is 24.1 Å². The number of carbonyl (C=O) groups is 1. The van der Waals surface area contributed by atoms with Gasteiger partial charge in [0.2, 0.25) is 0 Å². The van der Waals surface area contributed by atoms with Gasteiger partial charge in [-0.1, -0.05) is 13.8 Å². The molecule has 1 amide bonds. The topological polar surface area (TPSA) is 76.1 Å². The van der Waals surface area contributed by atoms with Gasteiger partial charge in [0.05, 0.1) is 23.6 Å². The van der Waals surface area contributed by atoms with E-state index in [1.165, 1.54) is 0 Å². The van der Waals surface area contributed by atoms with Crippen LogP contribution in [-0.4, -0.2) is 34.7 Å². The van der Waals surface area contributed by atoms with Gasteiger partial charge in [-0.25, -0.2) is 0 Å². The number of hydrogen-bond donors (Lipinski definition) is 2. The number of hydrogen-bond acceptors (Lipinski definition) is 4. The molecule has 0 aliphatic carbocycles. The number of rotatable bonds is 6. The second-order valence-corrected chi connectivity index (χ2v) is 7.57. The fourth-order valence-corrected chi connectivity index (χ4v) is 3.40. The first kappa shape index (κ1) is 18.8. The minimum atomic E-state index is -0.147. The van der Waals surface area contributed by atoms with E-state index in [9.17, 15) is 9.59 Å². The summed E-state index contributed by atoms with van der Waals surface area (Å²) in [4.78, 5) is 28.2. The normalized spacial score (nSPS) is 17.1. The van der Waals surface area contributed by atoms with Crippen molar-refractivity contribution in [3.05, 3.63) is 38.9 Å². The lowest BCUT2D eigenvalue weighted by atomic mass is 10.1. The van der Waals surface area contributed by atoms with E-state index in [1.807, 2.05) is 0 Å². The standard InChI is InChI=1S/C19H25N3O3S/c1-12(2)7-8-20-17(23)13-5-6-15-16(10-13)21-19(26)22(18(15)24)11-14-4-3-9-25-14/h5-6,10,12,14H,3-4,7-9,11H2,1-2H3,(H,20,23)(H,21,26)/t14-/m0/s1. The average molecular weight is 375 g/mol. The number of nitrogens with one attached hydrogen (secondary N) is 2. The number of nitrogens with zero attached hydrogens (tertiary/aromatic N) is 1. The molecule has 1 saturated heterocycles. The van der Waals surface area contributed by atoms with E-state index in [0.717, 1.165) is 25.9 Å². The third-order valence-electron chi connectivity index (χ3n) is 4.66. The van der Waals surface area contributed by atoms with E-state index in [1.54, 1.807) is 22.8 Å². The summed E-state index contributed by atoms with van der Waals surface area (Å²) >= 11 is 5.36. The number of ether oxygens (including phenoxy) is 1. The zero-order valence-electron chi connectivity index (χ0n) is 15.2. The maximum Gasteiger partial charge on any atom is 0.262 e. The van der Waals surface area contributed by atoms with Crippen LogP contribution in [0.1, 0.15) is 43.5 Å². The monoisotopic (exact) mass is 375 g/mol. The lowest BCUT2D eigenvalue weighted by molar-refractivity contribution is 0.0951. The van der Waals surface area contributed by atoms with Crippen molar-refractivity contribution in [2.24, 2.45) is 5.92 Å². The molecule has 3 rings (SSSR count).